The number of nitrogens with zero attached hydrogens (tertiary/aromatic N) is 2. The number of aliphatic imine (C=N–C) groups is 1. The molecule has 4 rings (SSSR count). The predicted molar refractivity (Wildman–Crippen MR) is 126 cm³/mol. The van der Waals surface area contributed by atoms with Gasteiger partial charge in [-0.25, -0.2) is 9.79 Å². The molecule has 0 atom stereocenters. The van der Waals surface area contributed by atoms with Gasteiger partial charge in [0.15, 0.2) is 23.8 Å². The van der Waals surface area contributed by atoms with Crippen LogP contribution in [0.3, 0.4) is 0 Å². The molecular weight excluding hydrogens is 444 g/mol. The van der Waals surface area contributed by atoms with Gasteiger partial charge in [0, 0.05) is 23.7 Å². The Balaban J connectivity index is 1.50. The van der Waals surface area contributed by atoms with E-state index in [2.05, 4.69) is 4.99 Å². The van der Waals surface area contributed by atoms with Crippen molar-refractivity contribution in [2.75, 3.05) is 26.3 Å². The van der Waals surface area contributed by atoms with E-state index >= 15 is 0 Å². The quantitative estimate of drug-likeness (QED) is 0.442. The number of ether oxygens (including phenoxy) is 3. The van der Waals surface area contributed by atoms with Crippen molar-refractivity contribution in [2.24, 2.45) is 4.99 Å². The maximum atomic E-state index is 12.4. The molecule has 8 heteroatoms. The van der Waals surface area contributed by atoms with Gasteiger partial charge in [-0.2, -0.15) is 0 Å². The first-order valence-corrected chi connectivity index (χ1v) is 11.4. The molecule has 1 saturated heterocycles. The van der Waals surface area contributed by atoms with Gasteiger partial charge in [-0.15, -0.1) is 0 Å². The highest BCUT2D eigenvalue weighted by molar-refractivity contribution is 6.31. The van der Waals surface area contributed by atoms with E-state index in [1.807, 2.05) is 11.8 Å². The van der Waals surface area contributed by atoms with Crippen molar-refractivity contribution in [3.05, 3.63) is 64.3 Å². The first-order valence-electron chi connectivity index (χ1n) is 11.0. The minimum Gasteiger partial charge on any atom is -0.490 e. The summed E-state index contributed by atoms with van der Waals surface area (Å²) in [6, 6.07) is 12.2. The van der Waals surface area contributed by atoms with Crippen LogP contribution in [0, 0.1) is 0 Å². The van der Waals surface area contributed by atoms with Gasteiger partial charge in [-0.05, 0) is 68.2 Å². The molecule has 172 valence electrons. The van der Waals surface area contributed by atoms with Gasteiger partial charge >= 0.3 is 5.97 Å². The topological polar surface area (TPSA) is 77.4 Å². The van der Waals surface area contributed by atoms with Crippen LogP contribution in [0.5, 0.6) is 11.5 Å². The molecule has 0 spiro atoms. The first-order chi connectivity index (χ1) is 16.0. The highest BCUT2D eigenvalue weighted by atomic mass is 35.5. The molecule has 1 fully saturated rings. The highest BCUT2D eigenvalue weighted by Gasteiger charge is 2.24. The number of hydrogen-bond donors (Lipinski definition) is 0. The fraction of sp³-hybridized carbons (Fsp3) is 0.320. The summed E-state index contributed by atoms with van der Waals surface area (Å²) in [6.45, 7) is 3.81. The molecule has 0 radical (unpaired) electrons. The Hall–Kier alpha value is -3.32. The van der Waals surface area contributed by atoms with Crippen molar-refractivity contribution in [3.63, 3.8) is 0 Å². The lowest BCUT2D eigenvalue weighted by molar-refractivity contribution is -0.134. The molecule has 2 aliphatic heterocycles. The normalized spacial score (nSPS) is 17.0. The van der Waals surface area contributed by atoms with E-state index < -0.39 is 5.97 Å². The van der Waals surface area contributed by atoms with E-state index in [-0.39, 0.29) is 24.1 Å². The fourth-order valence-electron chi connectivity index (χ4n) is 3.69. The summed E-state index contributed by atoms with van der Waals surface area (Å²) in [7, 11) is 0. The summed E-state index contributed by atoms with van der Waals surface area (Å²) in [6.07, 6.45) is 4.84. The lowest BCUT2D eigenvalue weighted by Crippen LogP contribution is -2.38. The molecular formula is C25H25ClN2O5. The highest BCUT2D eigenvalue weighted by Crippen LogP contribution is 2.30. The number of esters is 1. The molecule has 0 unspecified atom stereocenters. The molecule has 2 aromatic rings. The number of carbonyl (C=O) groups excluding carboxylic acids is 2. The monoisotopic (exact) mass is 468 g/mol. The maximum Gasteiger partial charge on any atom is 0.363 e. The molecule has 0 saturated carbocycles. The summed E-state index contributed by atoms with van der Waals surface area (Å²) >= 11 is 6.02. The minimum absolute atomic E-state index is 0.0278. The molecule has 0 aromatic heterocycles. The molecule has 0 N–H and O–H groups in total. The lowest BCUT2D eigenvalue weighted by atomic mass is 10.1. The van der Waals surface area contributed by atoms with E-state index in [0.717, 1.165) is 32.4 Å². The number of rotatable bonds is 7. The van der Waals surface area contributed by atoms with Crippen molar-refractivity contribution >= 4 is 35.5 Å². The van der Waals surface area contributed by atoms with Crippen LogP contribution in [-0.4, -0.2) is 49.0 Å². The molecule has 0 aliphatic carbocycles. The number of carbonyl (C=O) groups is 2. The third-order valence-electron chi connectivity index (χ3n) is 5.32. The van der Waals surface area contributed by atoms with Crippen LogP contribution in [0.1, 0.15) is 37.3 Å². The van der Waals surface area contributed by atoms with Gasteiger partial charge in [-0.3, -0.25) is 4.79 Å². The van der Waals surface area contributed by atoms with Gasteiger partial charge in [0.1, 0.15) is 0 Å². The molecule has 2 aliphatic rings. The maximum absolute atomic E-state index is 12.4. The van der Waals surface area contributed by atoms with Crippen LogP contribution in [0.25, 0.3) is 6.08 Å². The SMILES string of the molecule is CCOc1cc(/C=C2\N=C(c3cccc(Cl)c3)OC2=O)ccc1OCC(=O)N1CCCCC1. The van der Waals surface area contributed by atoms with Crippen molar-refractivity contribution in [2.45, 2.75) is 26.2 Å². The lowest BCUT2D eigenvalue weighted by Gasteiger charge is -2.26. The second-order valence-electron chi connectivity index (χ2n) is 7.72. The number of cyclic esters (lactones) is 1. The van der Waals surface area contributed by atoms with Gasteiger partial charge in [0.25, 0.3) is 5.91 Å². The van der Waals surface area contributed by atoms with Crippen LogP contribution in [0.15, 0.2) is 53.2 Å². The van der Waals surface area contributed by atoms with Crippen molar-refractivity contribution in [1.82, 2.24) is 4.90 Å². The second-order valence-corrected chi connectivity index (χ2v) is 8.15. The first kappa shape index (κ1) is 22.9. The van der Waals surface area contributed by atoms with Crippen molar-refractivity contribution < 1.29 is 23.8 Å². The van der Waals surface area contributed by atoms with Gasteiger partial charge in [0.05, 0.1) is 6.61 Å². The Bertz CT molecular complexity index is 1110. The fourth-order valence-corrected chi connectivity index (χ4v) is 3.88. The Morgan fingerprint density at radius 1 is 1.12 bits per heavy atom. The van der Waals surface area contributed by atoms with Crippen molar-refractivity contribution in [3.8, 4) is 11.5 Å². The zero-order chi connectivity index (χ0) is 23.2. The van der Waals surface area contributed by atoms with Gasteiger partial charge < -0.3 is 19.1 Å². The van der Waals surface area contributed by atoms with Crippen LogP contribution < -0.4 is 9.47 Å². The zero-order valence-electron chi connectivity index (χ0n) is 18.4. The van der Waals surface area contributed by atoms with Crippen molar-refractivity contribution in [1.29, 1.82) is 0 Å². The average Bonchev–Trinajstić information content (AvgIpc) is 3.19. The standard InChI is InChI=1S/C25H25ClN2O5/c1-2-31-22-14-17(9-10-21(22)32-16-23(29)28-11-4-3-5-12-28)13-20-25(30)33-24(27-20)18-7-6-8-19(26)15-18/h6-10,13-15H,2-5,11-12,16H2,1H3/b20-13-. The molecule has 0 bridgehead atoms. The summed E-state index contributed by atoms with van der Waals surface area (Å²) in [5.41, 5.74) is 1.48. The smallest absolute Gasteiger partial charge is 0.363 e. The second kappa shape index (κ2) is 10.5. The average molecular weight is 469 g/mol. The van der Waals surface area contributed by atoms with Gasteiger partial charge in [0.2, 0.25) is 5.90 Å². The molecule has 2 aromatic carbocycles. The number of halogens is 1. The van der Waals surface area contributed by atoms with E-state index in [0.29, 0.717) is 34.3 Å². The van der Waals surface area contributed by atoms with Gasteiger partial charge in [-0.1, -0.05) is 23.7 Å². The summed E-state index contributed by atoms with van der Waals surface area (Å²) < 4.78 is 16.8. The summed E-state index contributed by atoms with van der Waals surface area (Å²) in [5.74, 6) is 0.593. The summed E-state index contributed by atoms with van der Waals surface area (Å²) in [5, 5.41) is 0.527. The molecule has 33 heavy (non-hydrogen) atoms. The molecule has 2 heterocycles. The summed E-state index contributed by atoms with van der Waals surface area (Å²) in [4.78, 5) is 30.9. The van der Waals surface area contributed by atoms with Crippen LogP contribution >= 0.6 is 11.6 Å². The Morgan fingerprint density at radius 2 is 1.94 bits per heavy atom. The molecule has 7 nitrogen and oxygen atoms in total. The number of hydrogen-bond acceptors (Lipinski definition) is 6. The Labute approximate surface area is 197 Å². The number of piperidine rings is 1. The van der Waals surface area contributed by atoms with E-state index in [4.69, 9.17) is 25.8 Å². The Kier molecular flexibility index (Phi) is 7.29. The number of benzene rings is 2. The third kappa shape index (κ3) is 5.73. The van der Waals surface area contributed by atoms with E-state index in [1.54, 1.807) is 48.5 Å². The van der Waals surface area contributed by atoms with E-state index in [1.165, 1.54) is 0 Å². The number of amides is 1. The number of likely N-dealkylation sites (tertiary alicyclic amines) is 1. The van der Waals surface area contributed by atoms with Crippen LogP contribution in [-0.2, 0) is 14.3 Å². The third-order valence-corrected chi connectivity index (χ3v) is 5.56. The van der Waals surface area contributed by atoms with Crippen LogP contribution in [0.2, 0.25) is 5.02 Å². The van der Waals surface area contributed by atoms with Crippen LogP contribution in [0.4, 0.5) is 0 Å². The largest absolute Gasteiger partial charge is 0.490 e. The predicted octanol–water partition coefficient (Wildman–Crippen LogP) is 4.47. The zero-order valence-corrected chi connectivity index (χ0v) is 19.1. The van der Waals surface area contributed by atoms with E-state index in [9.17, 15) is 9.59 Å². The minimum atomic E-state index is -0.546. The Morgan fingerprint density at radius 3 is 2.70 bits per heavy atom. The molecule has 1 amide bonds.